The van der Waals surface area contributed by atoms with Gasteiger partial charge in [-0.25, -0.2) is 9.97 Å². The molecule has 1 rings (SSSR count). The van der Waals surface area contributed by atoms with Crippen molar-refractivity contribution in [3.8, 4) is 0 Å². The minimum absolute atomic E-state index is 0.168. The first-order chi connectivity index (χ1) is 7.26. The molecule has 0 aliphatic rings. The molecule has 5 heteroatoms. The van der Waals surface area contributed by atoms with E-state index in [1.165, 1.54) is 0 Å². The summed E-state index contributed by atoms with van der Waals surface area (Å²) in [4.78, 5) is 8.38. The van der Waals surface area contributed by atoms with Gasteiger partial charge in [0.25, 0.3) is 0 Å². The highest BCUT2D eigenvalue weighted by Gasteiger charge is 2.08. The molecule has 1 aromatic heterocycles. The van der Waals surface area contributed by atoms with Crippen LogP contribution in [-0.2, 0) is 4.74 Å². The summed E-state index contributed by atoms with van der Waals surface area (Å²) in [6, 6.07) is 2.03. The van der Waals surface area contributed by atoms with E-state index in [2.05, 4.69) is 15.3 Å². The molecular formula is C10H18N4O. The van der Waals surface area contributed by atoms with Gasteiger partial charge in [0.1, 0.15) is 0 Å². The molecule has 0 saturated heterocycles. The van der Waals surface area contributed by atoms with Crippen LogP contribution in [0.2, 0.25) is 0 Å². The van der Waals surface area contributed by atoms with Gasteiger partial charge in [0.2, 0.25) is 5.95 Å². The fourth-order valence-electron chi connectivity index (χ4n) is 1.30. The Morgan fingerprint density at radius 2 is 2.40 bits per heavy atom. The quantitative estimate of drug-likeness (QED) is 0.717. The van der Waals surface area contributed by atoms with Crippen LogP contribution in [0.25, 0.3) is 0 Å². The number of nitrogens with two attached hydrogens (primary N) is 1. The van der Waals surface area contributed by atoms with Crippen LogP contribution in [-0.4, -0.2) is 36.3 Å². The van der Waals surface area contributed by atoms with Crippen LogP contribution in [0.3, 0.4) is 0 Å². The van der Waals surface area contributed by atoms with E-state index in [0.717, 1.165) is 12.1 Å². The number of hydrogen-bond donors (Lipinski definition) is 2. The summed E-state index contributed by atoms with van der Waals surface area (Å²) < 4.78 is 5.09. The maximum absolute atomic E-state index is 5.51. The normalized spacial score (nSPS) is 12.5. The molecule has 1 aromatic rings. The molecule has 15 heavy (non-hydrogen) atoms. The van der Waals surface area contributed by atoms with Gasteiger partial charge in [-0.15, -0.1) is 0 Å². The standard InChI is InChI=1S/C10H18N4O/c1-8-4-6-12-10(13-8)14-9(3-5-11)7-15-2/h4,6,9H,3,5,7,11H2,1-2H3,(H,12,13,14). The van der Waals surface area contributed by atoms with Gasteiger partial charge in [-0.2, -0.15) is 0 Å². The molecule has 0 radical (unpaired) electrons. The molecule has 1 unspecified atom stereocenters. The molecule has 1 atom stereocenters. The number of nitrogens with zero attached hydrogens (tertiary/aromatic N) is 2. The van der Waals surface area contributed by atoms with Crippen LogP contribution >= 0.6 is 0 Å². The van der Waals surface area contributed by atoms with Crippen molar-refractivity contribution in [2.24, 2.45) is 5.73 Å². The smallest absolute Gasteiger partial charge is 0.223 e. The SMILES string of the molecule is COCC(CCN)Nc1nccc(C)n1. The second-order valence-corrected chi connectivity index (χ2v) is 3.40. The molecule has 0 spiro atoms. The highest BCUT2D eigenvalue weighted by Crippen LogP contribution is 2.03. The van der Waals surface area contributed by atoms with Crippen molar-refractivity contribution < 1.29 is 4.74 Å². The van der Waals surface area contributed by atoms with Gasteiger partial charge >= 0.3 is 0 Å². The second kappa shape index (κ2) is 6.31. The fraction of sp³-hybridized carbons (Fsp3) is 0.600. The zero-order valence-corrected chi connectivity index (χ0v) is 9.23. The Morgan fingerprint density at radius 3 is 3.00 bits per heavy atom. The van der Waals surface area contributed by atoms with Crippen LogP contribution in [0.4, 0.5) is 5.95 Å². The number of aromatic nitrogens is 2. The van der Waals surface area contributed by atoms with Gasteiger partial charge in [0.15, 0.2) is 0 Å². The van der Waals surface area contributed by atoms with Gasteiger partial charge in [0.05, 0.1) is 12.6 Å². The Morgan fingerprint density at radius 1 is 1.60 bits per heavy atom. The van der Waals surface area contributed by atoms with Crippen LogP contribution in [0.15, 0.2) is 12.3 Å². The van der Waals surface area contributed by atoms with Gasteiger partial charge in [0, 0.05) is 19.0 Å². The molecule has 0 aromatic carbocycles. The zero-order chi connectivity index (χ0) is 11.1. The van der Waals surface area contributed by atoms with Gasteiger partial charge in [-0.05, 0) is 26.0 Å². The Hall–Kier alpha value is -1.20. The van der Waals surface area contributed by atoms with Crippen molar-refractivity contribution >= 4 is 5.95 Å². The maximum atomic E-state index is 5.51. The molecule has 5 nitrogen and oxygen atoms in total. The minimum atomic E-state index is 0.168. The van der Waals surface area contributed by atoms with E-state index in [0.29, 0.717) is 19.1 Å². The van der Waals surface area contributed by atoms with Crippen LogP contribution in [0, 0.1) is 6.92 Å². The largest absolute Gasteiger partial charge is 0.383 e. The topological polar surface area (TPSA) is 73.1 Å². The van der Waals surface area contributed by atoms with E-state index >= 15 is 0 Å². The molecule has 0 saturated carbocycles. The summed E-state index contributed by atoms with van der Waals surface area (Å²) in [6.07, 6.45) is 2.57. The van der Waals surface area contributed by atoms with E-state index in [1.54, 1.807) is 13.3 Å². The van der Waals surface area contributed by atoms with Crippen molar-refractivity contribution in [3.63, 3.8) is 0 Å². The van der Waals surface area contributed by atoms with E-state index in [-0.39, 0.29) is 6.04 Å². The average Bonchev–Trinajstić information content (AvgIpc) is 2.18. The lowest BCUT2D eigenvalue weighted by molar-refractivity contribution is 0.183. The number of hydrogen-bond acceptors (Lipinski definition) is 5. The Labute approximate surface area is 90.1 Å². The van der Waals surface area contributed by atoms with E-state index in [1.807, 2.05) is 13.0 Å². The van der Waals surface area contributed by atoms with Crippen molar-refractivity contribution in [1.82, 2.24) is 9.97 Å². The first-order valence-corrected chi connectivity index (χ1v) is 5.01. The monoisotopic (exact) mass is 210 g/mol. The van der Waals surface area contributed by atoms with Crippen molar-refractivity contribution in [2.75, 3.05) is 25.6 Å². The second-order valence-electron chi connectivity index (χ2n) is 3.40. The number of aryl methyl sites for hydroxylation is 1. The van der Waals surface area contributed by atoms with Crippen molar-refractivity contribution in [3.05, 3.63) is 18.0 Å². The molecule has 0 amide bonds. The van der Waals surface area contributed by atoms with Gasteiger partial charge < -0.3 is 15.8 Å². The Bertz CT molecular complexity index is 287. The summed E-state index contributed by atoms with van der Waals surface area (Å²) in [5.74, 6) is 0.630. The lowest BCUT2D eigenvalue weighted by atomic mass is 10.2. The number of anilines is 1. The van der Waals surface area contributed by atoms with Gasteiger partial charge in [-0.1, -0.05) is 0 Å². The Balaban J connectivity index is 2.56. The highest BCUT2D eigenvalue weighted by atomic mass is 16.5. The van der Waals surface area contributed by atoms with Crippen LogP contribution in [0.1, 0.15) is 12.1 Å². The van der Waals surface area contributed by atoms with E-state index in [4.69, 9.17) is 10.5 Å². The number of nitrogens with one attached hydrogen (secondary N) is 1. The molecular weight excluding hydrogens is 192 g/mol. The first-order valence-electron chi connectivity index (χ1n) is 5.01. The molecule has 84 valence electrons. The molecule has 1 heterocycles. The fourth-order valence-corrected chi connectivity index (χ4v) is 1.30. The molecule has 0 bridgehead atoms. The van der Waals surface area contributed by atoms with Crippen LogP contribution in [0.5, 0.6) is 0 Å². The van der Waals surface area contributed by atoms with E-state index < -0.39 is 0 Å². The lowest BCUT2D eigenvalue weighted by Gasteiger charge is -2.16. The third kappa shape index (κ3) is 4.22. The predicted molar refractivity (Wildman–Crippen MR) is 59.7 cm³/mol. The van der Waals surface area contributed by atoms with Crippen molar-refractivity contribution in [2.45, 2.75) is 19.4 Å². The first kappa shape index (κ1) is 11.9. The predicted octanol–water partition coefficient (Wildman–Crippen LogP) is 0.561. The summed E-state index contributed by atoms with van der Waals surface area (Å²) in [7, 11) is 1.67. The molecule has 0 aliphatic heterocycles. The zero-order valence-electron chi connectivity index (χ0n) is 9.23. The summed E-state index contributed by atoms with van der Waals surface area (Å²) in [5.41, 5.74) is 6.45. The third-order valence-electron chi connectivity index (χ3n) is 2.01. The highest BCUT2D eigenvalue weighted by molar-refractivity contribution is 5.26. The number of ether oxygens (including phenoxy) is 1. The summed E-state index contributed by atoms with van der Waals surface area (Å²) >= 11 is 0. The van der Waals surface area contributed by atoms with Crippen LogP contribution < -0.4 is 11.1 Å². The molecule has 3 N–H and O–H groups in total. The summed E-state index contributed by atoms with van der Waals surface area (Å²) in [6.45, 7) is 3.16. The number of rotatable bonds is 6. The lowest BCUT2D eigenvalue weighted by Crippen LogP contribution is -2.28. The number of methoxy groups -OCH3 is 1. The maximum Gasteiger partial charge on any atom is 0.223 e. The minimum Gasteiger partial charge on any atom is -0.383 e. The summed E-state index contributed by atoms with van der Waals surface area (Å²) in [5, 5.41) is 3.19. The van der Waals surface area contributed by atoms with Crippen molar-refractivity contribution in [1.29, 1.82) is 0 Å². The third-order valence-corrected chi connectivity index (χ3v) is 2.01. The van der Waals surface area contributed by atoms with Gasteiger partial charge in [-0.3, -0.25) is 0 Å². The van der Waals surface area contributed by atoms with E-state index in [9.17, 15) is 0 Å². The Kier molecular flexibility index (Phi) is 5.00. The molecule has 0 aliphatic carbocycles. The molecule has 0 fully saturated rings. The average molecular weight is 210 g/mol.